The summed E-state index contributed by atoms with van der Waals surface area (Å²) < 4.78 is 17.6. The number of piperazine rings is 1. The van der Waals surface area contributed by atoms with Gasteiger partial charge in [0.1, 0.15) is 10.6 Å². The SMILES string of the molecule is CCCCOC(=O)CS(=O)c1ccc(C(=O)N2CCN(c3cccc(Cl)c3)C(C)C2)cc1[N+](=O)[O-]. The van der Waals surface area contributed by atoms with Gasteiger partial charge in [-0.2, -0.15) is 0 Å². The Morgan fingerprint density at radius 3 is 2.66 bits per heavy atom. The molecule has 2 aromatic rings. The number of amides is 1. The van der Waals surface area contributed by atoms with Gasteiger partial charge in [-0.3, -0.25) is 23.9 Å². The van der Waals surface area contributed by atoms with E-state index in [-0.39, 0.29) is 29.0 Å². The van der Waals surface area contributed by atoms with Gasteiger partial charge in [-0.05, 0) is 43.7 Å². The van der Waals surface area contributed by atoms with Crippen molar-refractivity contribution in [2.45, 2.75) is 37.6 Å². The van der Waals surface area contributed by atoms with Gasteiger partial charge in [0.05, 0.1) is 22.3 Å². The molecule has 2 aromatic carbocycles. The number of nitro benzene ring substituents is 1. The minimum Gasteiger partial charge on any atom is -0.465 e. The molecule has 1 amide bonds. The van der Waals surface area contributed by atoms with E-state index in [2.05, 4.69) is 4.90 Å². The van der Waals surface area contributed by atoms with Crippen LogP contribution in [0.25, 0.3) is 0 Å². The Kier molecular flexibility index (Phi) is 9.22. The first-order valence-electron chi connectivity index (χ1n) is 11.3. The van der Waals surface area contributed by atoms with Crippen LogP contribution in [0.1, 0.15) is 37.0 Å². The summed E-state index contributed by atoms with van der Waals surface area (Å²) in [6, 6.07) is 11.3. The van der Waals surface area contributed by atoms with Crippen LogP contribution in [0.15, 0.2) is 47.4 Å². The van der Waals surface area contributed by atoms with Crippen molar-refractivity contribution in [3.8, 4) is 0 Å². The summed E-state index contributed by atoms with van der Waals surface area (Å²) in [4.78, 5) is 39.7. The predicted molar refractivity (Wildman–Crippen MR) is 134 cm³/mol. The summed E-state index contributed by atoms with van der Waals surface area (Å²) in [5.74, 6) is -1.51. The molecule has 188 valence electrons. The van der Waals surface area contributed by atoms with E-state index in [0.717, 1.165) is 18.2 Å². The third-order valence-electron chi connectivity index (χ3n) is 5.71. The minimum absolute atomic E-state index is 0.00616. The number of anilines is 1. The molecule has 2 unspecified atom stereocenters. The number of nitrogens with zero attached hydrogens (tertiary/aromatic N) is 3. The average Bonchev–Trinajstić information content (AvgIpc) is 2.83. The Morgan fingerprint density at radius 1 is 1.23 bits per heavy atom. The zero-order valence-corrected chi connectivity index (χ0v) is 21.2. The molecule has 1 aliphatic rings. The molecule has 2 atom stereocenters. The van der Waals surface area contributed by atoms with Gasteiger partial charge in [0.25, 0.3) is 11.6 Å². The summed E-state index contributed by atoms with van der Waals surface area (Å²) in [7, 11) is -1.97. The van der Waals surface area contributed by atoms with Gasteiger partial charge in [-0.25, -0.2) is 0 Å². The molecule has 1 saturated heterocycles. The van der Waals surface area contributed by atoms with E-state index in [4.69, 9.17) is 16.3 Å². The zero-order chi connectivity index (χ0) is 25.5. The van der Waals surface area contributed by atoms with Crippen LogP contribution in [0.5, 0.6) is 0 Å². The Hall–Kier alpha value is -2.98. The van der Waals surface area contributed by atoms with Gasteiger partial charge >= 0.3 is 5.97 Å². The second-order valence-electron chi connectivity index (χ2n) is 8.28. The van der Waals surface area contributed by atoms with E-state index in [0.29, 0.717) is 31.1 Å². The lowest BCUT2D eigenvalue weighted by molar-refractivity contribution is -0.387. The van der Waals surface area contributed by atoms with Crippen molar-refractivity contribution in [2.24, 2.45) is 0 Å². The number of carbonyl (C=O) groups excluding carboxylic acids is 2. The van der Waals surface area contributed by atoms with Crippen molar-refractivity contribution in [2.75, 3.05) is 36.9 Å². The van der Waals surface area contributed by atoms with Crippen molar-refractivity contribution < 1.29 is 23.5 Å². The number of benzene rings is 2. The first-order valence-corrected chi connectivity index (χ1v) is 13.0. The number of nitro groups is 1. The highest BCUT2D eigenvalue weighted by atomic mass is 35.5. The molecule has 0 aliphatic carbocycles. The number of ether oxygens (including phenoxy) is 1. The molecule has 0 radical (unpaired) electrons. The summed E-state index contributed by atoms with van der Waals surface area (Å²) in [5, 5.41) is 12.3. The highest BCUT2D eigenvalue weighted by Gasteiger charge is 2.30. The molecule has 3 rings (SSSR count). The fraction of sp³-hybridized carbons (Fsp3) is 0.417. The van der Waals surface area contributed by atoms with Crippen molar-refractivity contribution in [3.05, 3.63) is 63.2 Å². The lowest BCUT2D eigenvalue weighted by Gasteiger charge is -2.41. The molecule has 9 nitrogen and oxygen atoms in total. The van der Waals surface area contributed by atoms with Gasteiger partial charge in [-0.1, -0.05) is 31.0 Å². The highest BCUT2D eigenvalue weighted by Crippen LogP contribution is 2.27. The van der Waals surface area contributed by atoms with Crippen molar-refractivity contribution in [1.82, 2.24) is 4.90 Å². The van der Waals surface area contributed by atoms with Crippen molar-refractivity contribution >= 4 is 45.7 Å². The molecule has 1 fully saturated rings. The fourth-order valence-electron chi connectivity index (χ4n) is 3.91. The monoisotopic (exact) mass is 521 g/mol. The first kappa shape index (κ1) is 26.6. The van der Waals surface area contributed by atoms with E-state index < -0.39 is 33.1 Å². The molecule has 0 aromatic heterocycles. The van der Waals surface area contributed by atoms with E-state index in [9.17, 15) is 23.9 Å². The summed E-state index contributed by atoms with van der Waals surface area (Å²) >= 11 is 6.11. The van der Waals surface area contributed by atoms with Crippen LogP contribution in [0, 0.1) is 10.1 Å². The lowest BCUT2D eigenvalue weighted by Crippen LogP contribution is -2.53. The Morgan fingerprint density at radius 2 is 2.00 bits per heavy atom. The van der Waals surface area contributed by atoms with E-state index >= 15 is 0 Å². The smallest absolute Gasteiger partial charge is 0.318 e. The second-order valence-corrected chi connectivity index (χ2v) is 10.1. The highest BCUT2D eigenvalue weighted by molar-refractivity contribution is 7.85. The minimum atomic E-state index is -1.97. The Bertz CT molecular complexity index is 1130. The average molecular weight is 522 g/mol. The number of carbonyl (C=O) groups is 2. The molecule has 0 saturated carbocycles. The maximum Gasteiger partial charge on any atom is 0.318 e. The number of esters is 1. The van der Waals surface area contributed by atoms with Gasteiger partial charge in [0.15, 0.2) is 0 Å². The topological polar surface area (TPSA) is 110 Å². The van der Waals surface area contributed by atoms with Crippen LogP contribution in [0.2, 0.25) is 5.02 Å². The van der Waals surface area contributed by atoms with E-state index in [1.807, 2.05) is 32.0 Å². The number of hydrogen-bond donors (Lipinski definition) is 0. The van der Waals surface area contributed by atoms with Gasteiger partial charge in [0.2, 0.25) is 0 Å². The molecular weight excluding hydrogens is 494 g/mol. The number of unbranched alkanes of at least 4 members (excludes halogenated alkanes) is 1. The van der Waals surface area contributed by atoms with Crippen LogP contribution in [0.4, 0.5) is 11.4 Å². The lowest BCUT2D eigenvalue weighted by atomic mass is 10.1. The first-order chi connectivity index (χ1) is 16.7. The molecular formula is C24H28ClN3O6S. The standard InChI is InChI=1S/C24H28ClN3O6S/c1-3-4-12-34-23(29)16-35(33)22-9-8-18(13-21(22)28(31)32)24(30)26-10-11-27(17(2)15-26)20-7-5-6-19(25)14-20/h5-9,13-14,17H,3-4,10-12,15-16H2,1-2H3. The third-order valence-corrected chi connectivity index (χ3v) is 7.28. The molecule has 1 aliphatic heterocycles. The van der Waals surface area contributed by atoms with Crippen LogP contribution in [-0.4, -0.2) is 63.9 Å². The largest absolute Gasteiger partial charge is 0.465 e. The van der Waals surface area contributed by atoms with Gasteiger partial charge in [0, 0.05) is 48.0 Å². The molecule has 11 heteroatoms. The van der Waals surface area contributed by atoms with Crippen LogP contribution >= 0.6 is 11.6 Å². The number of halogens is 1. The molecule has 1 heterocycles. The summed E-state index contributed by atoms with van der Waals surface area (Å²) in [6.07, 6.45) is 1.52. The van der Waals surface area contributed by atoms with E-state index in [1.165, 1.54) is 12.1 Å². The molecule has 0 bridgehead atoms. The fourth-order valence-corrected chi connectivity index (χ4v) is 5.13. The quantitative estimate of drug-likeness (QED) is 0.212. The van der Waals surface area contributed by atoms with Crippen LogP contribution < -0.4 is 4.90 Å². The maximum atomic E-state index is 13.1. The Labute approximate surface area is 211 Å². The van der Waals surface area contributed by atoms with Crippen molar-refractivity contribution in [3.63, 3.8) is 0 Å². The summed E-state index contributed by atoms with van der Waals surface area (Å²) in [5.41, 5.74) is 0.639. The van der Waals surface area contributed by atoms with E-state index in [1.54, 1.807) is 11.0 Å². The van der Waals surface area contributed by atoms with Gasteiger partial charge in [-0.15, -0.1) is 0 Å². The number of rotatable bonds is 9. The van der Waals surface area contributed by atoms with Crippen LogP contribution in [0.3, 0.4) is 0 Å². The molecule has 35 heavy (non-hydrogen) atoms. The molecule has 0 spiro atoms. The van der Waals surface area contributed by atoms with Crippen LogP contribution in [-0.2, 0) is 20.3 Å². The Balaban J connectivity index is 1.71. The van der Waals surface area contributed by atoms with Crippen molar-refractivity contribution in [1.29, 1.82) is 0 Å². The number of hydrogen-bond acceptors (Lipinski definition) is 7. The second kappa shape index (κ2) is 12.1. The predicted octanol–water partition coefficient (Wildman–Crippen LogP) is 4.05. The molecule has 0 N–H and O–H groups in total. The maximum absolute atomic E-state index is 13.1. The summed E-state index contributed by atoms with van der Waals surface area (Å²) in [6.45, 7) is 5.59. The zero-order valence-electron chi connectivity index (χ0n) is 19.6. The van der Waals surface area contributed by atoms with Gasteiger partial charge < -0.3 is 14.5 Å². The normalized spacial score (nSPS) is 16.6. The third kappa shape index (κ3) is 6.79.